The van der Waals surface area contributed by atoms with Crippen LogP contribution in [0.4, 0.5) is 4.79 Å². The number of benzene rings is 2. The van der Waals surface area contributed by atoms with Crippen molar-refractivity contribution in [1.29, 1.82) is 0 Å². The maximum Gasteiger partial charge on any atom is 0.407 e. The summed E-state index contributed by atoms with van der Waals surface area (Å²) >= 11 is 0. The minimum Gasteiger partial charge on any atom is -0.445 e. The maximum atomic E-state index is 11.6. The second-order valence-corrected chi connectivity index (χ2v) is 8.34. The van der Waals surface area contributed by atoms with Gasteiger partial charge in [0.2, 0.25) is 0 Å². The number of carbonyl (C=O) groups is 1. The van der Waals surface area contributed by atoms with Gasteiger partial charge in [-0.1, -0.05) is 67.3 Å². The SMILES string of the molecule is C=CCOC(=O)NCc1ccc(C2OC(CN(C)CC=C)CC(c3ccc(CO)cc3)O2)cc1. The highest BCUT2D eigenvalue weighted by Gasteiger charge is 2.32. The number of nitrogens with zero attached hydrogens (tertiary/aromatic N) is 1. The van der Waals surface area contributed by atoms with Crippen molar-refractivity contribution in [2.75, 3.05) is 26.7 Å². The number of rotatable bonds is 11. The number of nitrogens with one attached hydrogen (secondary N) is 1. The molecule has 3 rings (SSSR count). The third-order valence-corrected chi connectivity index (χ3v) is 5.59. The van der Waals surface area contributed by atoms with Gasteiger partial charge in [0, 0.05) is 31.6 Å². The number of likely N-dealkylation sites (N-methyl/N-ethyl adjacent to an activating group) is 1. The zero-order valence-corrected chi connectivity index (χ0v) is 19.7. The first-order valence-electron chi connectivity index (χ1n) is 11.4. The fourth-order valence-electron chi connectivity index (χ4n) is 3.83. The summed E-state index contributed by atoms with van der Waals surface area (Å²) in [6.45, 7) is 9.42. The molecule has 1 heterocycles. The van der Waals surface area contributed by atoms with E-state index in [4.69, 9.17) is 14.2 Å². The summed E-state index contributed by atoms with van der Waals surface area (Å²) in [5.74, 6) is 0. The molecule has 182 valence electrons. The smallest absolute Gasteiger partial charge is 0.407 e. The van der Waals surface area contributed by atoms with E-state index in [-0.39, 0.29) is 25.4 Å². The lowest BCUT2D eigenvalue weighted by atomic mass is 9.99. The van der Waals surface area contributed by atoms with Crippen LogP contribution < -0.4 is 5.32 Å². The van der Waals surface area contributed by atoms with E-state index in [1.165, 1.54) is 6.08 Å². The third kappa shape index (κ3) is 7.53. The number of amides is 1. The monoisotopic (exact) mass is 466 g/mol. The molecule has 1 amide bonds. The number of carbonyl (C=O) groups excluding carboxylic acids is 1. The molecule has 7 nitrogen and oxygen atoms in total. The minimum absolute atomic E-state index is 0.0136. The fourth-order valence-corrected chi connectivity index (χ4v) is 3.83. The Hall–Kier alpha value is -2.97. The number of aliphatic hydroxyl groups is 1. The molecule has 3 atom stereocenters. The van der Waals surface area contributed by atoms with Crippen LogP contribution in [0.1, 0.15) is 41.1 Å². The molecule has 0 bridgehead atoms. The molecule has 0 aromatic heterocycles. The second-order valence-electron chi connectivity index (χ2n) is 8.34. The van der Waals surface area contributed by atoms with Crippen molar-refractivity contribution in [2.45, 2.75) is 38.1 Å². The zero-order chi connectivity index (χ0) is 24.3. The van der Waals surface area contributed by atoms with Gasteiger partial charge < -0.3 is 29.5 Å². The second kappa shape index (κ2) is 13.1. The molecule has 0 spiro atoms. The van der Waals surface area contributed by atoms with Gasteiger partial charge in [0.1, 0.15) is 6.61 Å². The van der Waals surface area contributed by atoms with Gasteiger partial charge in [0.15, 0.2) is 6.29 Å². The number of aliphatic hydroxyl groups excluding tert-OH is 1. The van der Waals surface area contributed by atoms with Crippen LogP contribution in [-0.4, -0.2) is 48.9 Å². The quantitative estimate of drug-likeness (QED) is 0.482. The molecule has 1 aliphatic rings. The normalized spacial score (nSPS) is 20.0. The van der Waals surface area contributed by atoms with Crippen LogP contribution in [-0.2, 0) is 27.4 Å². The summed E-state index contributed by atoms with van der Waals surface area (Å²) in [7, 11) is 2.04. The van der Waals surface area contributed by atoms with Gasteiger partial charge >= 0.3 is 6.09 Å². The third-order valence-electron chi connectivity index (χ3n) is 5.59. The Morgan fingerprint density at radius 1 is 1.09 bits per heavy atom. The molecule has 2 aromatic carbocycles. The Morgan fingerprint density at radius 2 is 1.76 bits per heavy atom. The first kappa shape index (κ1) is 25.6. The average Bonchev–Trinajstić information content (AvgIpc) is 2.86. The summed E-state index contributed by atoms with van der Waals surface area (Å²) in [4.78, 5) is 13.8. The van der Waals surface area contributed by atoms with Gasteiger partial charge in [-0.05, 0) is 23.7 Å². The van der Waals surface area contributed by atoms with E-state index in [1.54, 1.807) is 0 Å². The number of ether oxygens (including phenoxy) is 3. The molecule has 0 saturated carbocycles. The standard InChI is InChI=1S/C27H34N2O5/c1-4-14-29(3)18-24-16-25(22-10-8-21(19-30)9-11-22)34-26(33-24)23-12-6-20(7-13-23)17-28-27(31)32-15-5-2/h4-13,24-26,30H,1-2,14-19H2,3H3,(H,28,31). The van der Waals surface area contributed by atoms with E-state index >= 15 is 0 Å². The molecule has 1 saturated heterocycles. The van der Waals surface area contributed by atoms with Crippen LogP contribution in [0.3, 0.4) is 0 Å². The lowest BCUT2D eigenvalue weighted by molar-refractivity contribution is -0.252. The predicted octanol–water partition coefficient (Wildman–Crippen LogP) is 4.25. The topological polar surface area (TPSA) is 80.3 Å². The highest BCUT2D eigenvalue weighted by Crippen LogP contribution is 2.38. The van der Waals surface area contributed by atoms with Gasteiger partial charge in [0.25, 0.3) is 0 Å². The van der Waals surface area contributed by atoms with E-state index in [1.807, 2.05) is 61.7 Å². The fraction of sp³-hybridized carbons (Fsp3) is 0.370. The largest absolute Gasteiger partial charge is 0.445 e. The molecule has 34 heavy (non-hydrogen) atoms. The van der Waals surface area contributed by atoms with Gasteiger partial charge in [0.05, 0.1) is 18.8 Å². The lowest BCUT2D eigenvalue weighted by Crippen LogP contribution is -2.37. The van der Waals surface area contributed by atoms with Crippen molar-refractivity contribution >= 4 is 6.09 Å². The van der Waals surface area contributed by atoms with E-state index in [0.717, 1.165) is 41.8 Å². The van der Waals surface area contributed by atoms with Crippen molar-refractivity contribution in [2.24, 2.45) is 0 Å². The maximum absolute atomic E-state index is 11.6. The number of hydrogen-bond donors (Lipinski definition) is 2. The molecule has 1 aliphatic heterocycles. The molecular formula is C27H34N2O5. The number of hydrogen-bond acceptors (Lipinski definition) is 6. The summed E-state index contributed by atoms with van der Waals surface area (Å²) in [6, 6.07) is 15.6. The van der Waals surface area contributed by atoms with Crippen LogP contribution >= 0.6 is 0 Å². The van der Waals surface area contributed by atoms with Crippen molar-refractivity contribution in [3.63, 3.8) is 0 Å². The Bertz CT molecular complexity index is 929. The van der Waals surface area contributed by atoms with Crippen LogP contribution in [0.5, 0.6) is 0 Å². The van der Waals surface area contributed by atoms with Crippen LogP contribution in [0.2, 0.25) is 0 Å². The van der Waals surface area contributed by atoms with Crippen LogP contribution in [0.25, 0.3) is 0 Å². The first-order valence-corrected chi connectivity index (χ1v) is 11.4. The highest BCUT2D eigenvalue weighted by atomic mass is 16.7. The van der Waals surface area contributed by atoms with Gasteiger partial charge in [-0.2, -0.15) is 0 Å². The average molecular weight is 467 g/mol. The summed E-state index contributed by atoms with van der Waals surface area (Å²) in [6.07, 6.45) is 2.98. The van der Waals surface area contributed by atoms with Gasteiger partial charge in [-0.25, -0.2) is 4.79 Å². The Balaban J connectivity index is 1.70. The Labute approximate surface area is 201 Å². The van der Waals surface area contributed by atoms with Gasteiger partial charge in [-0.3, -0.25) is 0 Å². The summed E-state index contributed by atoms with van der Waals surface area (Å²) < 4.78 is 17.6. The molecule has 3 unspecified atom stereocenters. The van der Waals surface area contributed by atoms with E-state index in [9.17, 15) is 9.90 Å². The predicted molar refractivity (Wildman–Crippen MR) is 131 cm³/mol. The molecular weight excluding hydrogens is 432 g/mol. The van der Waals surface area contributed by atoms with Crippen molar-refractivity contribution in [1.82, 2.24) is 10.2 Å². The van der Waals surface area contributed by atoms with Crippen LogP contribution in [0, 0.1) is 0 Å². The molecule has 7 heteroatoms. The molecule has 0 aliphatic carbocycles. The van der Waals surface area contributed by atoms with Gasteiger partial charge in [-0.15, -0.1) is 6.58 Å². The molecule has 0 radical (unpaired) electrons. The summed E-state index contributed by atoms with van der Waals surface area (Å²) in [5, 5.41) is 12.1. The van der Waals surface area contributed by atoms with E-state index < -0.39 is 12.4 Å². The lowest BCUT2D eigenvalue weighted by Gasteiger charge is -2.37. The zero-order valence-electron chi connectivity index (χ0n) is 19.7. The van der Waals surface area contributed by atoms with Crippen LogP contribution in [0.15, 0.2) is 73.8 Å². The summed E-state index contributed by atoms with van der Waals surface area (Å²) in [5.41, 5.74) is 3.77. The van der Waals surface area contributed by atoms with Crippen molar-refractivity contribution in [3.8, 4) is 0 Å². The Morgan fingerprint density at radius 3 is 2.41 bits per heavy atom. The molecule has 2 N–H and O–H groups in total. The first-order chi connectivity index (χ1) is 16.5. The number of alkyl carbamates (subject to hydrolysis) is 1. The van der Waals surface area contributed by atoms with E-state index in [2.05, 4.69) is 23.4 Å². The van der Waals surface area contributed by atoms with Crippen molar-refractivity contribution in [3.05, 3.63) is 96.1 Å². The minimum atomic E-state index is -0.516. The van der Waals surface area contributed by atoms with Crippen molar-refractivity contribution < 1.29 is 24.1 Å². The van der Waals surface area contributed by atoms with E-state index in [0.29, 0.717) is 6.54 Å². The Kier molecular flexibility index (Phi) is 9.85. The highest BCUT2D eigenvalue weighted by molar-refractivity contribution is 5.67. The molecule has 2 aromatic rings. The molecule has 1 fully saturated rings.